The monoisotopic (exact) mass is 298 g/mol. The first-order valence-corrected chi connectivity index (χ1v) is 5.55. The Balaban J connectivity index is 0.00000324. The number of alkyl halides is 3. The summed E-state index contributed by atoms with van der Waals surface area (Å²) < 4.78 is 39.6. The van der Waals surface area contributed by atoms with Crippen LogP contribution < -0.4 is 10.5 Å². The topological polar surface area (TPSA) is 38.5 Å². The fourth-order valence-electron chi connectivity index (χ4n) is 1.66. The lowest BCUT2D eigenvalue weighted by Gasteiger charge is -2.19. The maximum Gasteiger partial charge on any atom is 0.573 e. The molecule has 7 heteroatoms. The van der Waals surface area contributed by atoms with Crippen molar-refractivity contribution in [3.63, 3.8) is 0 Å². The van der Waals surface area contributed by atoms with Crippen LogP contribution in [0.1, 0.15) is 12.5 Å². The second-order valence-corrected chi connectivity index (χ2v) is 4.37. The van der Waals surface area contributed by atoms with E-state index in [2.05, 4.69) is 4.74 Å². The van der Waals surface area contributed by atoms with E-state index in [1.165, 1.54) is 12.1 Å². The van der Waals surface area contributed by atoms with Crippen LogP contribution in [0.4, 0.5) is 13.2 Å². The van der Waals surface area contributed by atoms with E-state index in [4.69, 9.17) is 5.73 Å². The molecule has 3 nitrogen and oxygen atoms in total. The minimum Gasteiger partial charge on any atom is -0.406 e. The molecule has 0 saturated carbocycles. The summed E-state index contributed by atoms with van der Waals surface area (Å²) in [6.07, 6.45) is -4.65. The van der Waals surface area contributed by atoms with E-state index < -0.39 is 6.36 Å². The Morgan fingerprint density at radius 3 is 2.21 bits per heavy atom. The van der Waals surface area contributed by atoms with Gasteiger partial charge in [0.2, 0.25) is 0 Å². The van der Waals surface area contributed by atoms with Crippen LogP contribution in [0.2, 0.25) is 0 Å². The zero-order valence-corrected chi connectivity index (χ0v) is 11.6. The van der Waals surface area contributed by atoms with E-state index >= 15 is 0 Å². The van der Waals surface area contributed by atoms with Crippen molar-refractivity contribution in [1.82, 2.24) is 4.90 Å². The summed E-state index contributed by atoms with van der Waals surface area (Å²) >= 11 is 0. The van der Waals surface area contributed by atoms with Gasteiger partial charge in [-0.1, -0.05) is 12.1 Å². The number of halogens is 4. The Labute approximate surface area is 116 Å². The van der Waals surface area contributed by atoms with Crippen LogP contribution in [0.15, 0.2) is 24.3 Å². The van der Waals surface area contributed by atoms with E-state index in [1.807, 2.05) is 18.9 Å². The Kier molecular flexibility index (Phi) is 7.18. The van der Waals surface area contributed by atoms with Gasteiger partial charge in [0.15, 0.2) is 0 Å². The standard InChI is InChI=1S/C12H17F3N2O.ClH/c1-9(16)7-17(2)8-10-3-5-11(6-4-10)18-12(13,14)15;/h3-6,9H,7-8,16H2,1-2H3;1H. The molecule has 1 aromatic carbocycles. The van der Waals surface area contributed by atoms with Crippen molar-refractivity contribution in [3.05, 3.63) is 29.8 Å². The van der Waals surface area contributed by atoms with E-state index in [-0.39, 0.29) is 24.2 Å². The third-order valence-electron chi connectivity index (χ3n) is 2.21. The minimum atomic E-state index is -4.65. The van der Waals surface area contributed by atoms with Crippen LogP contribution in [0, 0.1) is 0 Å². The van der Waals surface area contributed by atoms with Crippen LogP contribution in [0.3, 0.4) is 0 Å². The van der Waals surface area contributed by atoms with Crippen LogP contribution in [0.25, 0.3) is 0 Å². The Bertz CT molecular complexity index is 368. The zero-order valence-electron chi connectivity index (χ0n) is 10.8. The van der Waals surface area contributed by atoms with E-state index in [1.54, 1.807) is 12.1 Å². The van der Waals surface area contributed by atoms with Crippen molar-refractivity contribution < 1.29 is 17.9 Å². The largest absolute Gasteiger partial charge is 0.573 e. The maximum atomic E-state index is 12.0. The van der Waals surface area contributed by atoms with E-state index in [0.717, 1.165) is 12.1 Å². The second-order valence-electron chi connectivity index (χ2n) is 4.37. The Morgan fingerprint density at radius 2 is 1.79 bits per heavy atom. The van der Waals surface area contributed by atoms with Gasteiger partial charge in [0, 0.05) is 19.1 Å². The first-order valence-electron chi connectivity index (χ1n) is 5.55. The van der Waals surface area contributed by atoms with Gasteiger partial charge in [-0.3, -0.25) is 0 Å². The fraction of sp³-hybridized carbons (Fsp3) is 0.500. The molecule has 1 unspecified atom stereocenters. The molecule has 0 aliphatic heterocycles. The van der Waals surface area contributed by atoms with Gasteiger partial charge in [-0.25, -0.2) is 0 Å². The summed E-state index contributed by atoms with van der Waals surface area (Å²) in [7, 11) is 1.91. The average Bonchev–Trinajstić information content (AvgIpc) is 2.17. The SMILES string of the molecule is CC(N)CN(C)Cc1ccc(OC(F)(F)F)cc1.Cl. The molecule has 110 valence electrons. The highest BCUT2D eigenvalue weighted by atomic mass is 35.5. The molecule has 0 aliphatic rings. The Hall–Kier alpha value is -0.980. The zero-order chi connectivity index (χ0) is 13.8. The van der Waals surface area contributed by atoms with Gasteiger partial charge in [-0.2, -0.15) is 0 Å². The summed E-state index contributed by atoms with van der Waals surface area (Å²) in [5.41, 5.74) is 6.56. The van der Waals surface area contributed by atoms with Gasteiger partial charge in [-0.15, -0.1) is 25.6 Å². The quantitative estimate of drug-likeness (QED) is 0.908. The van der Waals surface area contributed by atoms with Gasteiger partial charge in [-0.05, 0) is 31.7 Å². The summed E-state index contributed by atoms with van der Waals surface area (Å²) in [5, 5.41) is 0. The normalized spacial score (nSPS) is 13.0. The highest BCUT2D eigenvalue weighted by Gasteiger charge is 2.30. The first kappa shape index (κ1) is 18.0. The van der Waals surface area contributed by atoms with Gasteiger partial charge in [0.1, 0.15) is 5.75 Å². The molecule has 0 aromatic heterocycles. The molecule has 0 fully saturated rings. The smallest absolute Gasteiger partial charge is 0.406 e. The molecule has 0 bridgehead atoms. The average molecular weight is 299 g/mol. The molecule has 2 N–H and O–H groups in total. The van der Waals surface area contributed by atoms with Gasteiger partial charge in [0.25, 0.3) is 0 Å². The number of ether oxygens (including phenoxy) is 1. The van der Waals surface area contributed by atoms with Crippen LogP contribution in [-0.4, -0.2) is 30.9 Å². The van der Waals surface area contributed by atoms with E-state index in [0.29, 0.717) is 6.54 Å². The summed E-state index contributed by atoms with van der Waals surface area (Å²) in [6, 6.07) is 5.89. The van der Waals surface area contributed by atoms with Crippen LogP contribution in [-0.2, 0) is 6.54 Å². The number of nitrogens with zero attached hydrogens (tertiary/aromatic N) is 1. The molecule has 1 rings (SSSR count). The van der Waals surface area contributed by atoms with Crippen molar-refractivity contribution in [2.24, 2.45) is 5.73 Å². The fourth-order valence-corrected chi connectivity index (χ4v) is 1.66. The van der Waals surface area contributed by atoms with Crippen molar-refractivity contribution >= 4 is 12.4 Å². The summed E-state index contributed by atoms with van der Waals surface area (Å²) in [4.78, 5) is 2.00. The molecule has 0 radical (unpaired) electrons. The highest BCUT2D eigenvalue weighted by molar-refractivity contribution is 5.85. The van der Waals surface area contributed by atoms with Crippen molar-refractivity contribution in [3.8, 4) is 5.75 Å². The first-order chi connectivity index (χ1) is 8.26. The minimum absolute atomic E-state index is 0. The predicted octanol–water partition coefficient (Wildman–Crippen LogP) is 2.79. The summed E-state index contributed by atoms with van der Waals surface area (Å²) in [5.74, 6) is -0.207. The molecule has 0 amide bonds. The molecular formula is C12H18ClF3N2O. The molecule has 1 atom stereocenters. The van der Waals surface area contributed by atoms with E-state index in [9.17, 15) is 13.2 Å². The number of benzene rings is 1. The predicted molar refractivity (Wildman–Crippen MR) is 70.4 cm³/mol. The van der Waals surface area contributed by atoms with Gasteiger partial charge >= 0.3 is 6.36 Å². The third kappa shape index (κ3) is 7.92. The number of rotatable bonds is 5. The third-order valence-corrected chi connectivity index (χ3v) is 2.21. The van der Waals surface area contributed by atoms with Crippen molar-refractivity contribution in [1.29, 1.82) is 0 Å². The lowest BCUT2D eigenvalue weighted by Crippen LogP contribution is -2.32. The molecule has 0 aliphatic carbocycles. The number of hydrogen-bond donors (Lipinski definition) is 1. The molecule has 19 heavy (non-hydrogen) atoms. The molecule has 1 aromatic rings. The van der Waals surface area contributed by atoms with Gasteiger partial charge < -0.3 is 15.4 Å². The van der Waals surface area contributed by atoms with Crippen LogP contribution in [0.5, 0.6) is 5.75 Å². The lowest BCUT2D eigenvalue weighted by atomic mass is 10.2. The summed E-state index contributed by atoms with van der Waals surface area (Å²) in [6.45, 7) is 3.26. The molecule has 0 heterocycles. The molecular weight excluding hydrogens is 281 g/mol. The van der Waals surface area contributed by atoms with Crippen molar-refractivity contribution in [2.75, 3.05) is 13.6 Å². The Morgan fingerprint density at radius 1 is 1.26 bits per heavy atom. The van der Waals surface area contributed by atoms with Crippen molar-refractivity contribution in [2.45, 2.75) is 25.9 Å². The number of hydrogen-bond acceptors (Lipinski definition) is 3. The number of likely N-dealkylation sites (N-methyl/N-ethyl adjacent to an activating group) is 1. The van der Waals surface area contributed by atoms with Gasteiger partial charge in [0.05, 0.1) is 0 Å². The molecule has 0 saturated heterocycles. The number of nitrogens with two attached hydrogens (primary N) is 1. The highest BCUT2D eigenvalue weighted by Crippen LogP contribution is 2.22. The second kappa shape index (κ2) is 7.57. The van der Waals surface area contributed by atoms with Crippen LogP contribution >= 0.6 is 12.4 Å². The molecule has 0 spiro atoms. The maximum absolute atomic E-state index is 12.0. The lowest BCUT2D eigenvalue weighted by molar-refractivity contribution is -0.274.